The first-order chi connectivity index (χ1) is 14.7. The minimum Gasteiger partial charge on any atom is -0.408 e. The molecule has 3 aromatic rings. The van der Waals surface area contributed by atoms with E-state index in [-0.39, 0.29) is 22.9 Å². The number of piperidine rings is 1. The van der Waals surface area contributed by atoms with Crippen LogP contribution >= 0.6 is 0 Å². The maximum Gasteiger partial charge on any atom is 0.419 e. The SMILES string of the molecule is Cc1ccc(NC(=O)[C@@H]2CCCN(S(=O)(=O)c3ccc4c(c3)oc(=O)n4C)C2)cc1C. The van der Waals surface area contributed by atoms with Gasteiger partial charge in [-0.05, 0) is 62.1 Å². The van der Waals surface area contributed by atoms with Crippen LogP contribution < -0.4 is 11.1 Å². The summed E-state index contributed by atoms with van der Waals surface area (Å²) in [7, 11) is -2.27. The zero-order chi connectivity index (χ0) is 22.3. The summed E-state index contributed by atoms with van der Waals surface area (Å²) < 4.78 is 34.2. The lowest BCUT2D eigenvalue weighted by atomic mass is 9.98. The number of fused-ring (bicyclic) bond motifs is 1. The number of amides is 1. The van der Waals surface area contributed by atoms with Gasteiger partial charge in [-0.3, -0.25) is 9.36 Å². The fourth-order valence-corrected chi connectivity index (χ4v) is 5.40. The van der Waals surface area contributed by atoms with Gasteiger partial charge in [-0.2, -0.15) is 4.31 Å². The number of nitrogens with zero attached hydrogens (tertiary/aromatic N) is 2. The highest BCUT2D eigenvalue weighted by Gasteiger charge is 2.33. The summed E-state index contributed by atoms with van der Waals surface area (Å²) in [4.78, 5) is 24.5. The summed E-state index contributed by atoms with van der Waals surface area (Å²) in [6, 6.07) is 10.1. The molecule has 2 heterocycles. The molecule has 4 rings (SSSR count). The highest BCUT2D eigenvalue weighted by molar-refractivity contribution is 7.89. The Labute approximate surface area is 180 Å². The van der Waals surface area contributed by atoms with Crippen LogP contribution in [0.5, 0.6) is 0 Å². The topological polar surface area (TPSA) is 102 Å². The highest BCUT2D eigenvalue weighted by atomic mass is 32.2. The van der Waals surface area contributed by atoms with Crippen molar-refractivity contribution < 1.29 is 17.6 Å². The Balaban J connectivity index is 1.53. The number of aromatic nitrogens is 1. The van der Waals surface area contributed by atoms with Crippen LogP contribution in [-0.4, -0.2) is 36.3 Å². The number of carbonyl (C=O) groups excluding carboxylic acids is 1. The molecule has 9 heteroatoms. The van der Waals surface area contributed by atoms with Crippen LogP contribution in [0.15, 0.2) is 50.5 Å². The van der Waals surface area contributed by atoms with Crippen LogP contribution in [0, 0.1) is 19.8 Å². The van der Waals surface area contributed by atoms with Crippen molar-refractivity contribution in [3.05, 3.63) is 58.1 Å². The fourth-order valence-electron chi connectivity index (χ4n) is 3.86. The molecule has 0 radical (unpaired) electrons. The zero-order valence-corrected chi connectivity index (χ0v) is 18.5. The Bertz CT molecular complexity index is 1320. The minimum absolute atomic E-state index is 0.0459. The molecule has 0 unspecified atom stereocenters. The number of hydrogen-bond acceptors (Lipinski definition) is 5. The smallest absolute Gasteiger partial charge is 0.408 e. The molecule has 1 saturated heterocycles. The second-order valence-corrected chi connectivity index (χ2v) is 9.98. The van der Waals surface area contributed by atoms with Gasteiger partial charge in [0.25, 0.3) is 0 Å². The number of benzene rings is 2. The molecule has 0 saturated carbocycles. The van der Waals surface area contributed by atoms with Crippen LogP contribution in [0.1, 0.15) is 24.0 Å². The molecule has 2 aromatic carbocycles. The molecule has 1 amide bonds. The second kappa shape index (κ2) is 7.97. The molecule has 0 aliphatic carbocycles. The summed E-state index contributed by atoms with van der Waals surface area (Å²) in [5.41, 5.74) is 3.66. The molecule has 1 N–H and O–H groups in total. The summed E-state index contributed by atoms with van der Waals surface area (Å²) >= 11 is 0. The monoisotopic (exact) mass is 443 g/mol. The third-order valence-electron chi connectivity index (χ3n) is 5.93. The average molecular weight is 444 g/mol. The Morgan fingerprint density at radius 2 is 1.90 bits per heavy atom. The molecular formula is C22H25N3O5S. The van der Waals surface area contributed by atoms with Crippen LogP contribution in [0.3, 0.4) is 0 Å². The van der Waals surface area contributed by atoms with Gasteiger partial charge in [-0.15, -0.1) is 0 Å². The number of anilines is 1. The van der Waals surface area contributed by atoms with Gasteiger partial charge in [-0.1, -0.05) is 6.07 Å². The van der Waals surface area contributed by atoms with Gasteiger partial charge >= 0.3 is 5.76 Å². The van der Waals surface area contributed by atoms with Crippen LogP contribution in [0.25, 0.3) is 11.1 Å². The van der Waals surface area contributed by atoms with Crippen molar-refractivity contribution in [1.82, 2.24) is 8.87 Å². The van der Waals surface area contributed by atoms with Gasteiger partial charge in [0.2, 0.25) is 15.9 Å². The van der Waals surface area contributed by atoms with E-state index >= 15 is 0 Å². The van der Waals surface area contributed by atoms with Crippen LogP contribution in [0.2, 0.25) is 0 Å². The molecule has 8 nitrogen and oxygen atoms in total. The van der Waals surface area contributed by atoms with Crippen molar-refractivity contribution in [2.75, 3.05) is 18.4 Å². The summed E-state index contributed by atoms with van der Waals surface area (Å²) in [6.07, 6.45) is 1.21. The molecule has 31 heavy (non-hydrogen) atoms. The van der Waals surface area contributed by atoms with Crippen molar-refractivity contribution in [2.24, 2.45) is 13.0 Å². The number of sulfonamides is 1. The molecule has 0 spiro atoms. The van der Waals surface area contributed by atoms with Crippen molar-refractivity contribution in [2.45, 2.75) is 31.6 Å². The van der Waals surface area contributed by atoms with Gasteiger partial charge in [-0.25, -0.2) is 13.2 Å². The number of carbonyl (C=O) groups is 1. The Morgan fingerprint density at radius 3 is 2.65 bits per heavy atom. The molecule has 1 atom stereocenters. The molecule has 0 bridgehead atoms. The summed E-state index contributed by atoms with van der Waals surface area (Å²) in [5.74, 6) is -1.18. The van der Waals surface area contributed by atoms with E-state index in [4.69, 9.17) is 4.42 Å². The molecule has 1 fully saturated rings. The van der Waals surface area contributed by atoms with E-state index in [0.29, 0.717) is 30.6 Å². The molecule has 1 aliphatic rings. The van der Waals surface area contributed by atoms with E-state index in [2.05, 4.69) is 5.32 Å². The number of rotatable bonds is 4. The third kappa shape index (κ3) is 4.03. The van der Waals surface area contributed by atoms with Gasteiger partial charge in [0.05, 0.1) is 16.3 Å². The van der Waals surface area contributed by atoms with Gasteiger partial charge < -0.3 is 9.73 Å². The fraction of sp³-hybridized carbons (Fsp3) is 0.364. The van der Waals surface area contributed by atoms with Crippen molar-refractivity contribution in [1.29, 1.82) is 0 Å². The first kappa shape index (κ1) is 21.3. The predicted molar refractivity (Wildman–Crippen MR) is 117 cm³/mol. The Hall–Kier alpha value is -2.91. The number of hydrogen-bond donors (Lipinski definition) is 1. The first-order valence-corrected chi connectivity index (χ1v) is 11.6. The highest BCUT2D eigenvalue weighted by Crippen LogP contribution is 2.27. The molecular weight excluding hydrogens is 418 g/mol. The van der Waals surface area contributed by atoms with Gasteiger partial charge in [0, 0.05) is 31.9 Å². The minimum atomic E-state index is -3.83. The van der Waals surface area contributed by atoms with Gasteiger partial charge in [0.15, 0.2) is 5.58 Å². The molecule has 1 aromatic heterocycles. The first-order valence-electron chi connectivity index (χ1n) is 10.1. The quantitative estimate of drug-likeness (QED) is 0.668. The number of aryl methyl sites for hydroxylation is 3. The van der Waals surface area contributed by atoms with E-state index in [1.165, 1.54) is 21.0 Å². The lowest BCUT2D eigenvalue weighted by Crippen LogP contribution is -2.43. The maximum atomic E-state index is 13.2. The second-order valence-electron chi connectivity index (χ2n) is 8.05. The van der Waals surface area contributed by atoms with Crippen molar-refractivity contribution in [3.63, 3.8) is 0 Å². The van der Waals surface area contributed by atoms with Gasteiger partial charge in [0.1, 0.15) is 0 Å². The molecule has 164 valence electrons. The van der Waals surface area contributed by atoms with E-state index in [1.54, 1.807) is 13.1 Å². The van der Waals surface area contributed by atoms with E-state index in [0.717, 1.165) is 11.1 Å². The zero-order valence-electron chi connectivity index (χ0n) is 17.7. The lowest BCUT2D eigenvalue weighted by molar-refractivity contribution is -0.120. The summed E-state index contributed by atoms with van der Waals surface area (Å²) in [6.45, 7) is 4.43. The van der Waals surface area contributed by atoms with Crippen LogP contribution in [0.4, 0.5) is 5.69 Å². The predicted octanol–water partition coefficient (Wildman–Crippen LogP) is 2.79. The van der Waals surface area contributed by atoms with Crippen LogP contribution in [-0.2, 0) is 21.9 Å². The maximum absolute atomic E-state index is 13.2. The largest absolute Gasteiger partial charge is 0.419 e. The Kier molecular flexibility index (Phi) is 5.49. The molecule has 1 aliphatic heterocycles. The number of oxazole rings is 1. The van der Waals surface area contributed by atoms with E-state index in [1.807, 2.05) is 32.0 Å². The Morgan fingerprint density at radius 1 is 1.13 bits per heavy atom. The lowest BCUT2D eigenvalue weighted by Gasteiger charge is -2.31. The van der Waals surface area contributed by atoms with Crippen molar-refractivity contribution >= 4 is 32.7 Å². The van der Waals surface area contributed by atoms with E-state index in [9.17, 15) is 18.0 Å². The third-order valence-corrected chi connectivity index (χ3v) is 7.79. The van der Waals surface area contributed by atoms with E-state index < -0.39 is 21.7 Å². The standard InChI is InChI=1S/C22H25N3O5S/c1-14-6-7-17(11-15(14)2)23-21(26)16-5-4-10-25(13-16)31(28,29)18-8-9-19-20(12-18)30-22(27)24(19)3/h6-9,11-12,16H,4-5,10,13H2,1-3H3,(H,23,26)/t16-/m1/s1. The normalized spacial score (nSPS) is 17.7. The number of nitrogens with one attached hydrogen (secondary N) is 1. The van der Waals surface area contributed by atoms with Crippen molar-refractivity contribution in [3.8, 4) is 0 Å². The summed E-state index contributed by atoms with van der Waals surface area (Å²) in [5, 5.41) is 2.91. The average Bonchev–Trinajstić information content (AvgIpc) is 3.04.